The third-order valence-electron chi connectivity index (χ3n) is 2.40. The molecule has 0 aliphatic carbocycles. The zero-order chi connectivity index (χ0) is 13.4. The Labute approximate surface area is 111 Å². The molecule has 5 nitrogen and oxygen atoms in total. The molecule has 0 spiro atoms. The number of pyridine rings is 1. The summed E-state index contributed by atoms with van der Waals surface area (Å²) in [5.41, 5.74) is -0.497. The van der Waals surface area contributed by atoms with Crippen LogP contribution in [-0.4, -0.2) is 32.0 Å². The summed E-state index contributed by atoms with van der Waals surface area (Å²) in [6.07, 6.45) is 7.50. The van der Waals surface area contributed by atoms with Crippen molar-refractivity contribution in [2.45, 2.75) is 24.2 Å². The lowest BCUT2D eigenvalue weighted by atomic mass is 10.2. The van der Waals surface area contributed by atoms with E-state index in [-0.39, 0.29) is 4.90 Å². The van der Waals surface area contributed by atoms with Gasteiger partial charge in [0.15, 0.2) is 0 Å². The summed E-state index contributed by atoms with van der Waals surface area (Å²) < 4.78 is 26.1. The first-order valence-electron chi connectivity index (χ1n) is 5.73. The number of unbranched alkanes of at least 4 members (excludes halogenated alkanes) is 2. The Balaban J connectivity index is 2.46. The molecule has 102 valence electrons. The number of hydrogen-bond donors (Lipinski definition) is 2. The SMILES string of the molecule is CSCCCCCNS(=O)(=O)c1c[nH]ccc1=O. The van der Waals surface area contributed by atoms with Gasteiger partial charge < -0.3 is 4.98 Å². The second kappa shape index (κ2) is 7.60. The lowest BCUT2D eigenvalue weighted by Gasteiger charge is -2.05. The van der Waals surface area contributed by atoms with Gasteiger partial charge in [0.1, 0.15) is 4.90 Å². The molecular weight excluding hydrogens is 272 g/mol. The molecule has 0 saturated heterocycles. The van der Waals surface area contributed by atoms with Crippen molar-refractivity contribution < 1.29 is 8.42 Å². The number of hydrogen-bond acceptors (Lipinski definition) is 4. The fraction of sp³-hybridized carbons (Fsp3) is 0.545. The molecule has 0 amide bonds. The zero-order valence-corrected chi connectivity index (χ0v) is 11.9. The van der Waals surface area contributed by atoms with E-state index in [1.807, 2.05) is 6.26 Å². The van der Waals surface area contributed by atoms with Crippen LogP contribution in [0.3, 0.4) is 0 Å². The van der Waals surface area contributed by atoms with E-state index >= 15 is 0 Å². The Morgan fingerprint density at radius 2 is 2.11 bits per heavy atom. The molecule has 0 saturated carbocycles. The van der Waals surface area contributed by atoms with Crippen LogP contribution in [0.4, 0.5) is 0 Å². The maximum absolute atomic E-state index is 11.8. The Morgan fingerprint density at radius 3 is 2.78 bits per heavy atom. The molecule has 2 N–H and O–H groups in total. The molecule has 1 aromatic rings. The Morgan fingerprint density at radius 1 is 1.33 bits per heavy atom. The van der Waals surface area contributed by atoms with Crippen molar-refractivity contribution in [2.75, 3.05) is 18.6 Å². The number of rotatable bonds is 8. The van der Waals surface area contributed by atoms with Crippen LogP contribution < -0.4 is 10.2 Å². The maximum Gasteiger partial charge on any atom is 0.245 e. The van der Waals surface area contributed by atoms with Crippen LogP contribution in [-0.2, 0) is 10.0 Å². The molecule has 18 heavy (non-hydrogen) atoms. The third-order valence-corrected chi connectivity index (χ3v) is 4.57. The summed E-state index contributed by atoms with van der Waals surface area (Å²) in [7, 11) is -3.68. The van der Waals surface area contributed by atoms with Gasteiger partial charge in [-0.1, -0.05) is 6.42 Å². The highest BCUT2D eigenvalue weighted by atomic mass is 32.2. The second-order valence-corrected chi connectivity index (χ2v) is 6.55. The van der Waals surface area contributed by atoms with E-state index < -0.39 is 15.5 Å². The topological polar surface area (TPSA) is 79.0 Å². The average molecular weight is 290 g/mol. The summed E-state index contributed by atoms with van der Waals surface area (Å²) in [6.45, 7) is 0.366. The summed E-state index contributed by atoms with van der Waals surface area (Å²) >= 11 is 1.78. The van der Waals surface area contributed by atoms with Crippen LogP contribution in [0.25, 0.3) is 0 Å². The highest BCUT2D eigenvalue weighted by Gasteiger charge is 2.16. The minimum Gasteiger partial charge on any atom is -0.366 e. The molecule has 0 aliphatic rings. The lowest BCUT2D eigenvalue weighted by molar-refractivity contribution is 0.575. The maximum atomic E-state index is 11.8. The highest BCUT2D eigenvalue weighted by Crippen LogP contribution is 2.03. The van der Waals surface area contributed by atoms with Crippen molar-refractivity contribution in [3.05, 3.63) is 28.7 Å². The van der Waals surface area contributed by atoms with E-state index in [4.69, 9.17) is 0 Å². The summed E-state index contributed by atoms with van der Waals surface area (Å²) in [5, 5.41) is 0. The predicted molar refractivity (Wildman–Crippen MR) is 74.5 cm³/mol. The minimum atomic E-state index is -3.68. The number of aromatic nitrogens is 1. The van der Waals surface area contributed by atoms with E-state index in [0.717, 1.165) is 25.0 Å². The second-order valence-electron chi connectivity index (χ2n) is 3.82. The normalized spacial score (nSPS) is 11.6. The van der Waals surface area contributed by atoms with Crippen molar-refractivity contribution in [1.82, 2.24) is 9.71 Å². The van der Waals surface area contributed by atoms with Gasteiger partial charge in [-0.3, -0.25) is 4.79 Å². The van der Waals surface area contributed by atoms with E-state index in [2.05, 4.69) is 9.71 Å². The number of sulfonamides is 1. The van der Waals surface area contributed by atoms with Gasteiger partial charge in [-0.25, -0.2) is 13.1 Å². The van der Waals surface area contributed by atoms with Gasteiger partial charge in [-0.05, 0) is 24.9 Å². The minimum absolute atomic E-state index is 0.228. The monoisotopic (exact) mass is 290 g/mol. The van der Waals surface area contributed by atoms with Gasteiger partial charge in [0.2, 0.25) is 15.5 Å². The van der Waals surface area contributed by atoms with E-state index in [1.54, 1.807) is 11.8 Å². The van der Waals surface area contributed by atoms with Crippen LogP contribution >= 0.6 is 11.8 Å². The smallest absolute Gasteiger partial charge is 0.245 e. The number of aromatic amines is 1. The van der Waals surface area contributed by atoms with Crippen LogP contribution in [0, 0.1) is 0 Å². The molecule has 0 bridgehead atoms. The Kier molecular flexibility index (Phi) is 6.45. The van der Waals surface area contributed by atoms with Crippen molar-refractivity contribution >= 4 is 21.8 Å². The third kappa shape index (κ3) is 4.83. The summed E-state index contributed by atoms with van der Waals surface area (Å²) in [5.74, 6) is 1.09. The predicted octanol–water partition coefficient (Wildman–Crippen LogP) is 1.19. The molecule has 0 atom stereocenters. The van der Waals surface area contributed by atoms with Gasteiger partial charge in [0, 0.05) is 25.0 Å². The van der Waals surface area contributed by atoms with E-state index in [0.29, 0.717) is 6.54 Å². The van der Waals surface area contributed by atoms with Crippen molar-refractivity contribution in [2.24, 2.45) is 0 Å². The highest BCUT2D eigenvalue weighted by molar-refractivity contribution is 7.98. The van der Waals surface area contributed by atoms with E-state index in [1.165, 1.54) is 18.5 Å². The van der Waals surface area contributed by atoms with Gasteiger partial charge in [-0.2, -0.15) is 11.8 Å². The largest absolute Gasteiger partial charge is 0.366 e. The molecule has 1 heterocycles. The number of H-pyrrole nitrogens is 1. The first kappa shape index (κ1) is 15.3. The van der Waals surface area contributed by atoms with Gasteiger partial charge >= 0.3 is 0 Å². The van der Waals surface area contributed by atoms with Crippen molar-refractivity contribution in [3.8, 4) is 0 Å². The first-order chi connectivity index (χ1) is 8.58. The Hall–Kier alpha value is -0.790. The Bertz CT molecular complexity index is 511. The summed E-state index contributed by atoms with van der Waals surface area (Å²) in [6, 6.07) is 1.20. The van der Waals surface area contributed by atoms with Crippen LogP contribution in [0.2, 0.25) is 0 Å². The zero-order valence-electron chi connectivity index (χ0n) is 10.3. The molecule has 0 radical (unpaired) electrons. The molecule has 7 heteroatoms. The van der Waals surface area contributed by atoms with Crippen LogP contribution in [0.15, 0.2) is 28.2 Å². The van der Waals surface area contributed by atoms with Crippen LogP contribution in [0.1, 0.15) is 19.3 Å². The lowest BCUT2D eigenvalue weighted by Crippen LogP contribution is -2.29. The standard InChI is InChI=1S/C11H18N2O3S2/c1-17-8-4-2-3-6-13-18(15,16)11-9-12-7-5-10(11)14/h5,7,9,13H,2-4,6,8H2,1H3,(H,12,14). The number of thioether (sulfide) groups is 1. The molecule has 0 aromatic carbocycles. The molecule has 0 unspecified atom stereocenters. The van der Waals surface area contributed by atoms with Crippen molar-refractivity contribution in [1.29, 1.82) is 0 Å². The molecule has 1 rings (SSSR count). The molecule has 0 aliphatic heterocycles. The quantitative estimate of drug-likeness (QED) is 0.705. The molecule has 1 aromatic heterocycles. The average Bonchev–Trinajstić information content (AvgIpc) is 2.34. The summed E-state index contributed by atoms with van der Waals surface area (Å²) in [4.78, 5) is 13.8. The van der Waals surface area contributed by atoms with Gasteiger partial charge in [0.05, 0.1) is 0 Å². The van der Waals surface area contributed by atoms with Gasteiger partial charge in [0.25, 0.3) is 0 Å². The van der Waals surface area contributed by atoms with E-state index in [9.17, 15) is 13.2 Å². The fourth-order valence-corrected chi connectivity index (χ4v) is 3.06. The molecule has 0 fully saturated rings. The van der Waals surface area contributed by atoms with Gasteiger partial charge in [-0.15, -0.1) is 0 Å². The number of nitrogens with one attached hydrogen (secondary N) is 2. The van der Waals surface area contributed by atoms with Crippen molar-refractivity contribution in [3.63, 3.8) is 0 Å². The first-order valence-corrected chi connectivity index (χ1v) is 8.61. The molecular formula is C11H18N2O3S2. The van der Waals surface area contributed by atoms with Crippen LogP contribution in [0.5, 0.6) is 0 Å². The fourth-order valence-electron chi connectivity index (χ4n) is 1.44.